The second-order valence-corrected chi connectivity index (χ2v) is 6.49. The summed E-state index contributed by atoms with van der Waals surface area (Å²) in [6.07, 6.45) is 2.52. The molecule has 21 heavy (non-hydrogen) atoms. The van der Waals surface area contributed by atoms with Crippen LogP contribution in [0.25, 0.3) is 22.4 Å². The van der Waals surface area contributed by atoms with Crippen molar-refractivity contribution in [3.8, 4) is 22.4 Å². The Morgan fingerprint density at radius 2 is 1.52 bits per heavy atom. The average molecular weight is 299 g/mol. The second kappa shape index (κ2) is 5.14. The summed E-state index contributed by atoms with van der Waals surface area (Å²) in [6.45, 7) is 0. The average Bonchev–Trinajstić information content (AvgIpc) is 2.98. The van der Waals surface area contributed by atoms with Crippen molar-refractivity contribution in [3.05, 3.63) is 60.8 Å². The molecular weight excluding hydrogens is 286 g/mol. The molecule has 3 aromatic rings. The third-order valence-electron chi connectivity index (χ3n) is 3.10. The summed E-state index contributed by atoms with van der Waals surface area (Å²) in [5.41, 5.74) is 3.40. The largest absolute Gasteiger partial charge is 0.252 e. The third-order valence-corrected chi connectivity index (χ3v) is 3.96. The van der Waals surface area contributed by atoms with Gasteiger partial charge >= 0.3 is 0 Å². The Balaban J connectivity index is 2.14. The summed E-state index contributed by atoms with van der Waals surface area (Å²) in [6, 6.07) is 17.6. The topological polar surface area (TPSA) is 64.8 Å². The molecule has 2 aromatic carbocycles. The zero-order valence-corrected chi connectivity index (χ0v) is 12.2. The van der Waals surface area contributed by atoms with Crippen molar-refractivity contribution in [3.63, 3.8) is 0 Å². The van der Waals surface area contributed by atoms with E-state index in [4.69, 9.17) is 0 Å². The zero-order valence-electron chi connectivity index (χ0n) is 11.3. The Bertz CT molecular complexity index is 871. The lowest BCUT2D eigenvalue weighted by Crippen LogP contribution is -2.10. The summed E-state index contributed by atoms with van der Waals surface area (Å²) >= 11 is 0. The lowest BCUT2D eigenvalue weighted by atomic mass is 9.98. The van der Waals surface area contributed by atoms with Crippen LogP contribution in [0.1, 0.15) is 0 Å². The monoisotopic (exact) mass is 299 g/mol. The van der Waals surface area contributed by atoms with Crippen LogP contribution >= 0.6 is 0 Å². The lowest BCUT2D eigenvalue weighted by molar-refractivity contribution is 0.583. The molecule has 0 bridgehead atoms. The minimum absolute atomic E-state index is 0.528. The van der Waals surface area contributed by atoms with Gasteiger partial charge in [0.1, 0.15) is 5.69 Å². The van der Waals surface area contributed by atoms with Gasteiger partial charge in [-0.05, 0) is 11.1 Å². The number of hydrogen-bond acceptors (Lipinski definition) is 4. The molecule has 0 spiro atoms. The number of nitrogens with zero attached hydrogens (tertiary/aromatic N) is 3. The van der Waals surface area contributed by atoms with Gasteiger partial charge in [-0.3, -0.25) is 0 Å². The van der Waals surface area contributed by atoms with Crippen LogP contribution in [-0.4, -0.2) is 29.1 Å². The molecule has 3 rings (SSSR count). The molecule has 0 saturated carbocycles. The summed E-state index contributed by atoms with van der Waals surface area (Å²) in [5.74, 6) is 0. The Morgan fingerprint density at radius 3 is 2.14 bits per heavy atom. The molecule has 0 atom stereocenters. The maximum Gasteiger partial charge on any atom is 0.252 e. The fraction of sp³-hybridized carbons (Fsp3) is 0.0667. The van der Waals surface area contributed by atoms with E-state index in [1.165, 1.54) is 6.20 Å². The van der Waals surface area contributed by atoms with E-state index < -0.39 is 10.0 Å². The van der Waals surface area contributed by atoms with Crippen molar-refractivity contribution in [2.75, 3.05) is 6.26 Å². The molecule has 0 unspecified atom stereocenters. The van der Waals surface area contributed by atoms with Gasteiger partial charge in [0.25, 0.3) is 10.0 Å². The molecule has 0 saturated heterocycles. The standard InChI is InChI=1S/C15H13N3O2S/c1-21(19,20)18-11-15(16-17-18)14-10-6-5-9-13(14)12-7-3-2-4-8-12/h2-11H,1H3. The molecule has 0 aliphatic heterocycles. The highest BCUT2D eigenvalue weighted by Crippen LogP contribution is 2.30. The molecule has 0 aliphatic carbocycles. The van der Waals surface area contributed by atoms with Crippen molar-refractivity contribution < 1.29 is 8.42 Å². The van der Waals surface area contributed by atoms with Crippen LogP contribution in [0, 0.1) is 0 Å². The molecule has 1 aromatic heterocycles. The van der Waals surface area contributed by atoms with Gasteiger partial charge in [0.15, 0.2) is 0 Å². The van der Waals surface area contributed by atoms with Gasteiger partial charge in [-0.15, -0.1) is 9.19 Å². The third kappa shape index (κ3) is 2.71. The highest BCUT2D eigenvalue weighted by molar-refractivity contribution is 7.89. The van der Waals surface area contributed by atoms with Gasteiger partial charge in [-0.1, -0.05) is 59.8 Å². The van der Waals surface area contributed by atoms with E-state index >= 15 is 0 Å². The fourth-order valence-electron chi connectivity index (χ4n) is 2.11. The first kappa shape index (κ1) is 13.5. The molecule has 0 aliphatic rings. The molecule has 6 heteroatoms. The smallest absolute Gasteiger partial charge is 0.205 e. The predicted molar refractivity (Wildman–Crippen MR) is 81.1 cm³/mol. The summed E-state index contributed by atoms with van der Waals surface area (Å²) in [5, 5.41) is 7.65. The Morgan fingerprint density at radius 1 is 0.905 bits per heavy atom. The number of aromatic nitrogens is 3. The SMILES string of the molecule is CS(=O)(=O)n1cc(-c2ccccc2-c2ccccc2)nn1. The molecule has 1 heterocycles. The zero-order chi connectivity index (χ0) is 14.9. The number of hydrogen-bond donors (Lipinski definition) is 0. The molecular formula is C15H13N3O2S. The van der Waals surface area contributed by atoms with Crippen molar-refractivity contribution in [1.29, 1.82) is 0 Å². The van der Waals surface area contributed by atoms with Crippen molar-refractivity contribution >= 4 is 10.0 Å². The number of rotatable bonds is 3. The quantitative estimate of drug-likeness (QED) is 0.745. The highest BCUT2D eigenvalue weighted by Gasteiger charge is 2.13. The Hall–Kier alpha value is -2.47. The highest BCUT2D eigenvalue weighted by atomic mass is 32.2. The van der Waals surface area contributed by atoms with E-state index in [1.807, 2.05) is 54.6 Å². The van der Waals surface area contributed by atoms with Crippen LogP contribution in [-0.2, 0) is 10.0 Å². The molecule has 0 fully saturated rings. The van der Waals surface area contributed by atoms with Gasteiger partial charge < -0.3 is 0 Å². The van der Waals surface area contributed by atoms with Crippen LogP contribution in [0.15, 0.2) is 60.8 Å². The molecule has 106 valence electrons. The van der Waals surface area contributed by atoms with Gasteiger partial charge in [0.2, 0.25) is 0 Å². The van der Waals surface area contributed by atoms with E-state index in [9.17, 15) is 8.42 Å². The first-order chi connectivity index (χ1) is 10.1. The van der Waals surface area contributed by atoms with Gasteiger partial charge in [-0.25, -0.2) is 8.42 Å². The lowest BCUT2D eigenvalue weighted by Gasteiger charge is -2.06. The first-order valence-electron chi connectivity index (χ1n) is 6.33. The molecule has 0 amide bonds. The maximum atomic E-state index is 11.5. The van der Waals surface area contributed by atoms with E-state index in [1.54, 1.807) is 0 Å². The minimum Gasteiger partial charge on any atom is -0.205 e. The molecule has 5 nitrogen and oxygen atoms in total. The van der Waals surface area contributed by atoms with Crippen LogP contribution in [0.5, 0.6) is 0 Å². The molecule has 0 radical (unpaired) electrons. The summed E-state index contributed by atoms with van der Waals surface area (Å²) in [7, 11) is -3.42. The van der Waals surface area contributed by atoms with Gasteiger partial charge in [-0.2, -0.15) is 0 Å². The van der Waals surface area contributed by atoms with Crippen LogP contribution < -0.4 is 0 Å². The van der Waals surface area contributed by atoms with Gasteiger partial charge in [0.05, 0.1) is 12.5 Å². The van der Waals surface area contributed by atoms with E-state index in [-0.39, 0.29) is 0 Å². The van der Waals surface area contributed by atoms with E-state index in [0.717, 1.165) is 27.0 Å². The first-order valence-corrected chi connectivity index (χ1v) is 8.18. The van der Waals surface area contributed by atoms with Crippen LogP contribution in [0.3, 0.4) is 0 Å². The van der Waals surface area contributed by atoms with Gasteiger partial charge in [0, 0.05) is 5.56 Å². The van der Waals surface area contributed by atoms with Crippen molar-refractivity contribution in [2.24, 2.45) is 0 Å². The van der Waals surface area contributed by atoms with Crippen molar-refractivity contribution in [1.82, 2.24) is 14.4 Å². The van der Waals surface area contributed by atoms with Crippen LogP contribution in [0.4, 0.5) is 0 Å². The summed E-state index contributed by atoms with van der Waals surface area (Å²) in [4.78, 5) is 0. The van der Waals surface area contributed by atoms with E-state index in [0.29, 0.717) is 5.69 Å². The van der Waals surface area contributed by atoms with Crippen molar-refractivity contribution in [2.45, 2.75) is 0 Å². The fourth-order valence-corrected chi connectivity index (χ4v) is 2.57. The molecule has 0 N–H and O–H groups in total. The van der Waals surface area contributed by atoms with Crippen LogP contribution in [0.2, 0.25) is 0 Å². The number of benzene rings is 2. The Kier molecular flexibility index (Phi) is 3.31. The normalized spacial score (nSPS) is 11.5. The predicted octanol–water partition coefficient (Wildman–Crippen LogP) is 2.42. The maximum absolute atomic E-state index is 11.5. The Labute approximate surface area is 122 Å². The van der Waals surface area contributed by atoms with E-state index in [2.05, 4.69) is 10.3 Å². The second-order valence-electron chi connectivity index (χ2n) is 4.65. The summed E-state index contributed by atoms with van der Waals surface area (Å²) < 4.78 is 23.9. The minimum atomic E-state index is -3.42.